The van der Waals surface area contributed by atoms with E-state index < -0.39 is 39.4 Å². The molecular weight excluding hydrogens is 293 g/mol. The molecule has 0 saturated heterocycles. The van der Waals surface area contributed by atoms with E-state index in [2.05, 4.69) is 6.07 Å². The van der Waals surface area contributed by atoms with Crippen molar-refractivity contribution in [3.05, 3.63) is 0 Å². The van der Waals surface area contributed by atoms with Gasteiger partial charge in [0.15, 0.2) is 15.1 Å². The Morgan fingerprint density at radius 1 is 1.15 bits per heavy atom. The van der Waals surface area contributed by atoms with Crippen molar-refractivity contribution in [1.82, 2.24) is 0 Å². The van der Waals surface area contributed by atoms with Crippen LogP contribution in [0.4, 0.5) is 13.2 Å². The first-order valence-corrected chi connectivity index (χ1v) is 7.98. The van der Waals surface area contributed by atoms with Crippen molar-refractivity contribution in [3.8, 4) is 12.1 Å². The molecule has 0 amide bonds. The van der Waals surface area contributed by atoms with E-state index in [1.54, 1.807) is 6.07 Å². The van der Waals surface area contributed by atoms with Gasteiger partial charge in [0.05, 0.1) is 24.3 Å². The minimum Gasteiger partial charge on any atom is -0.227 e. The van der Waals surface area contributed by atoms with Crippen molar-refractivity contribution in [3.63, 3.8) is 0 Å². The summed E-state index contributed by atoms with van der Waals surface area (Å²) < 4.78 is 60.1. The maximum atomic E-state index is 12.1. The normalized spacial score (nSPS) is 25.4. The number of nitrogens with zero attached hydrogens (tertiary/aromatic N) is 2. The van der Waals surface area contributed by atoms with Crippen LogP contribution < -0.4 is 0 Å². The summed E-state index contributed by atoms with van der Waals surface area (Å²) in [6.45, 7) is 0. The van der Waals surface area contributed by atoms with E-state index in [1.807, 2.05) is 0 Å². The molecular formula is C12H15F3N2O2S. The molecule has 0 spiro atoms. The largest absolute Gasteiger partial charge is 0.390 e. The van der Waals surface area contributed by atoms with E-state index >= 15 is 0 Å². The Bertz CT molecular complexity index is 508. The van der Waals surface area contributed by atoms with Crippen LogP contribution in [0.2, 0.25) is 0 Å². The maximum Gasteiger partial charge on any atom is 0.390 e. The topological polar surface area (TPSA) is 81.7 Å². The van der Waals surface area contributed by atoms with Gasteiger partial charge in [-0.2, -0.15) is 23.7 Å². The predicted molar refractivity (Wildman–Crippen MR) is 64.9 cm³/mol. The highest BCUT2D eigenvalue weighted by atomic mass is 32.2. The summed E-state index contributed by atoms with van der Waals surface area (Å²) in [7, 11) is -4.09. The molecule has 1 unspecified atom stereocenters. The van der Waals surface area contributed by atoms with Crippen LogP contribution in [0.1, 0.15) is 32.1 Å². The fraction of sp³-hybridized carbons (Fsp3) is 0.833. The molecule has 0 aromatic rings. The van der Waals surface area contributed by atoms with Crippen LogP contribution in [0.5, 0.6) is 0 Å². The summed E-state index contributed by atoms with van der Waals surface area (Å²) in [5.41, 5.74) is 0. The highest BCUT2D eigenvalue weighted by Gasteiger charge is 2.38. The highest BCUT2D eigenvalue weighted by Crippen LogP contribution is 2.33. The minimum absolute atomic E-state index is 0.150. The zero-order valence-corrected chi connectivity index (χ0v) is 11.5. The van der Waals surface area contributed by atoms with Gasteiger partial charge in [0.1, 0.15) is 0 Å². The second-order valence-electron chi connectivity index (χ2n) is 5.02. The number of sulfone groups is 1. The lowest BCUT2D eigenvalue weighted by atomic mass is 9.81. The predicted octanol–water partition coefficient (Wildman–Crippen LogP) is 2.58. The molecule has 0 aliphatic heterocycles. The van der Waals surface area contributed by atoms with Gasteiger partial charge in [-0.1, -0.05) is 0 Å². The van der Waals surface area contributed by atoms with Crippen molar-refractivity contribution < 1.29 is 21.6 Å². The Morgan fingerprint density at radius 3 is 2.10 bits per heavy atom. The van der Waals surface area contributed by atoms with Gasteiger partial charge in [-0.3, -0.25) is 0 Å². The van der Waals surface area contributed by atoms with E-state index in [9.17, 15) is 21.6 Å². The molecule has 0 N–H and O–H groups in total. The monoisotopic (exact) mass is 308 g/mol. The molecule has 0 aromatic heterocycles. The van der Waals surface area contributed by atoms with Crippen molar-refractivity contribution >= 4 is 9.84 Å². The van der Waals surface area contributed by atoms with Gasteiger partial charge in [-0.15, -0.1) is 0 Å². The molecule has 1 aliphatic rings. The van der Waals surface area contributed by atoms with Gasteiger partial charge in [0, 0.05) is 5.92 Å². The van der Waals surface area contributed by atoms with Gasteiger partial charge in [0.25, 0.3) is 0 Å². The summed E-state index contributed by atoms with van der Waals surface area (Å²) in [5.74, 6) is -1.67. The van der Waals surface area contributed by atoms with Crippen molar-refractivity contribution in [2.75, 3.05) is 5.75 Å². The van der Waals surface area contributed by atoms with E-state index in [4.69, 9.17) is 10.5 Å². The molecule has 4 nitrogen and oxygen atoms in total. The number of nitriles is 2. The SMILES string of the molecule is N#CC1CCC(C(C#N)S(=O)(=O)CCC(F)(F)F)CC1. The average molecular weight is 308 g/mol. The lowest BCUT2D eigenvalue weighted by molar-refractivity contribution is -0.129. The zero-order chi connectivity index (χ0) is 15.4. The number of hydrogen-bond acceptors (Lipinski definition) is 4. The summed E-state index contributed by atoms with van der Waals surface area (Å²) in [4.78, 5) is 0. The lowest BCUT2D eigenvalue weighted by Gasteiger charge is -2.28. The van der Waals surface area contributed by atoms with Gasteiger partial charge in [-0.05, 0) is 31.6 Å². The number of halogens is 3. The Balaban J connectivity index is 2.71. The van der Waals surface area contributed by atoms with Crippen molar-refractivity contribution in [1.29, 1.82) is 10.5 Å². The lowest BCUT2D eigenvalue weighted by Crippen LogP contribution is -2.34. The van der Waals surface area contributed by atoms with Crippen LogP contribution in [0, 0.1) is 34.5 Å². The van der Waals surface area contributed by atoms with Crippen LogP contribution in [-0.2, 0) is 9.84 Å². The molecule has 0 heterocycles. The molecule has 1 saturated carbocycles. The van der Waals surface area contributed by atoms with E-state index in [1.165, 1.54) is 0 Å². The Hall–Kier alpha value is -1.28. The first-order valence-electron chi connectivity index (χ1n) is 6.27. The smallest absolute Gasteiger partial charge is 0.227 e. The molecule has 1 fully saturated rings. The Morgan fingerprint density at radius 2 is 1.70 bits per heavy atom. The minimum atomic E-state index is -4.55. The summed E-state index contributed by atoms with van der Waals surface area (Å²) >= 11 is 0. The second kappa shape index (κ2) is 6.45. The molecule has 112 valence electrons. The first-order chi connectivity index (χ1) is 9.19. The molecule has 0 aromatic carbocycles. The quantitative estimate of drug-likeness (QED) is 0.799. The number of hydrogen-bond donors (Lipinski definition) is 0. The highest BCUT2D eigenvalue weighted by molar-refractivity contribution is 7.92. The standard InChI is InChI=1S/C12H15F3N2O2S/c13-12(14,15)5-6-20(18,19)11(8-17)10-3-1-9(7-16)2-4-10/h9-11H,1-6H2. The fourth-order valence-corrected chi connectivity index (χ4v) is 4.20. The zero-order valence-electron chi connectivity index (χ0n) is 10.7. The second-order valence-corrected chi connectivity index (χ2v) is 7.26. The summed E-state index contributed by atoms with van der Waals surface area (Å²) in [5, 5.41) is 16.3. The van der Waals surface area contributed by atoms with Gasteiger partial charge >= 0.3 is 6.18 Å². The molecule has 0 radical (unpaired) electrons. The van der Waals surface area contributed by atoms with E-state index in [0.717, 1.165) is 0 Å². The number of rotatable bonds is 4. The van der Waals surface area contributed by atoms with Crippen molar-refractivity contribution in [2.45, 2.75) is 43.5 Å². The average Bonchev–Trinajstić information content (AvgIpc) is 2.37. The Labute approximate surface area is 116 Å². The third-order valence-corrected chi connectivity index (χ3v) is 5.60. The van der Waals surface area contributed by atoms with Crippen molar-refractivity contribution in [2.24, 2.45) is 11.8 Å². The molecule has 1 rings (SSSR count). The van der Waals surface area contributed by atoms with Gasteiger partial charge < -0.3 is 0 Å². The van der Waals surface area contributed by atoms with Gasteiger partial charge in [0.2, 0.25) is 0 Å². The molecule has 8 heteroatoms. The summed E-state index contributed by atoms with van der Waals surface area (Å²) in [6.07, 6.45) is -4.21. The van der Waals surface area contributed by atoms with E-state index in [0.29, 0.717) is 25.7 Å². The van der Waals surface area contributed by atoms with Crippen LogP contribution in [-0.4, -0.2) is 25.6 Å². The molecule has 1 aliphatic carbocycles. The van der Waals surface area contributed by atoms with Crippen LogP contribution in [0.15, 0.2) is 0 Å². The fourth-order valence-electron chi connectivity index (χ4n) is 2.41. The molecule has 20 heavy (non-hydrogen) atoms. The van der Waals surface area contributed by atoms with Crippen LogP contribution >= 0.6 is 0 Å². The van der Waals surface area contributed by atoms with Crippen LogP contribution in [0.3, 0.4) is 0 Å². The molecule has 0 bridgehead atoms. The third kappa shape index (κ3) is 4.68. The Kier molecular flexibility index (Phi) is 5.41. The van der Waals surface area contributed by atoms with E-state index in [-0.39, 0.29) is 5.92 Å². The van der Waals surface area contributed by atoms with Gasteiger partial charge in [-0.25, -0.2) is 8.42 Å². The molecule has 1 atom stereocenters. The van der Waals surface area contributed by atoms with Crippen LogP contribution in [0.25, 0.3) is 0 Å². The third-order valence-electron chi connectivity index (χ3n) is 3.57. The summed E-state index contributed by atoms with van der Waals surface area (Å²) in [6, 6.07) is 3.73. The first kappa shape index (κ1) is 16.8. The maximum absolute atomic E-state index is 12.1. The number of alkyl halides is 3.